The number of nitrogens with one attached hydrogen (secondary N) is 3. The minimum absolute atomic E-state index is 0.0903. The largest absolute Gasteiger partial charge is 0.376 e. The van der Waals surface area contributed by atoms with E-state index in [0.29, 0.717) is 33.2 Å². The predicted molar refractivity (Wildman–Crippen MR) is 114 cm³/mol. The lowest BCUT2D eigenvalue weighted by atomic mass is 10.1. The van der Waals surface area contributed by atoms with E-state index in [-0.39, 0.29) is 18.4 Å². The summed E-state index contributed by atoms with van der Waals surface area (Å²) in [5.41, 5.74) is 2.25. The van der Waals surface area contributed by atoms with Crippen molar-refractivity contribution in [3.63, 3.8) is 0 Å². The molecule has 0 radical (unpaired) electrons. The summed E-state index contributed by atoms with van der Waals surface area (Å²) in [5.74, 6) is -0.664. The lowest BCUT2D eigenvalue weighted by Gasteiger charge is -2.13. The van der Waals surface area contributed by atoms with E-state index in [0.717, 1.165) is 0 Å². The first-order valence-electron chi connectivity index (χ1n) is 8.75. The van der Waals surface area contributed by atoms with Gasteiger partial charge in [-0.15, -0.1) is 0 Å². The average Bonchev–Trinajstić information content (AvgIpc) is 2.73. The number of hydrogen-bond acceptors (Lipinski definition) is 4. The molecule has 0 aromatic heterocycles. The third-order valence-electron chi connectivity index (χ3n) is 4.02. The smallest absolute Gasteiger partial charge is 0.257 e. The first-order valence-corrected chi connectivity index (χ1v) is 9.13. The van der Waals surface area contributed by atoms with E-state index in [2.05, 4.69) is 16.0 Å². The Hall–Kier alpha value is -3.82. The van der Waals surface area contributed by atoms with Crippen molar-refractivity contribution in [2.45, 2.75) is 0 Å². The molecule has 0 atom stereocenters. The molecule has 0 saturated carbocycles. The van der Waals surface area contributed by atoms with Crippen molar-refractivity contribution < 1.29 is 9.59 Å². The van der Waals surface area contributed by atoms with Crippen LogP contribution in [0.1, 0.15) is 15.9 Å². The lowest BCUT2D eigenvalue weighted by Crippen LogP contribution is -2.23. The number of rotatable bonds is 6. The van der Waals surface area contributed by atoms with Gasteiger partial charge in [-0.05, 0) is 42.5 Å². The maximum Gasteiger partial charge on any atom is 0.257 e. The van der Waals surface area contributed by atoms with Crippen LogP contribution >= 0.6 is 11.6 Å². The van der Waals surface area contributed by atoms with Crippen LogP contribution < -0.4 is 16.0 Å². The van der Waals surface area contributed by atoms with E-state index in [4.69, 9.17) is 16.9 Å². The maximum absolute atomic E-state index is 12.6. The van der Waals surface area contributed by atoms with Gasteiger partial charge in [-0.25, -0.2) is 0 Å². The van der Waals surface area contributed by atoms with Gasteiger partial charge in [0.15, 0.2) is 0 Å². The molecule has 3 aromatic carbocycles. The Labute approximate surface area is 173 Å². The Morgan fingerprint density at radius 3 is 2.38 bits per heavy atom. The van der Waals surface area contributed by atoms with Gasteiger partial charge in [0.25, 0.3) is 5.91 Å². The molecular formula is C22H17ClN4O2. The summed E-state index contributed by atoms with van der Waals surface area (Å²) in [6.45, 7) is -0.0903. The molecule has 3 rings (SSSR count). The Morgan fingerprint density at radius 1 is 0.897 bits per heavy atom. The van der Waals surface area contributed by atoms with Gasteiger partial charge in [0.05, 0.1) is 23.4 Å². The fraction of sp³-hybridized carbons (Fsp3) is 0.0455. The highest BCUT2D eigenvalue weighted by Crippen LogP contribution is 2.21. The number of nitrogens with zero attached hydrogens (tertiary/aromatic N) is 1. The first-order chi connectivity index (χ1) is 14.1. The summed E-state index contributed by atoms with van der Waals surface area (Å²) in [6, 6.07) is 22.6. The van der Waals surface area contributed by atoms with E-state index in [9.17, 15) is 9.59 Å². The number of nitriles is 1. The second kappa shape index (κ2) is 9.40. The Morgan fingerprint density at radius 2 is 1.62 bits per heavy atom. The molecule has 0 saturated heterocycles. The van der Waals surface area contributed by atoms with Crippen LogP contribution in [-0.4, -0.2) is 18.4 Å². The van der Waals surface area contributed by atoms with Crippen LogP contribution in [0.15, 0.2) is 72.8 Å². The molecule has 0 spiro atoms. The fourth-order valence-corrected chi connectivity index (χ4v) is 2.81. The molecule has 0 heterocycles. The van der Waals surface area contributed by atoms with Gasteiger partial charge in [-0.3, -0.25) is 9.59 Å². The molecular weight excluding hydrogens is 388 g/mol. The van der Waals surface area contributed by atoms with Gasteiger partial charge < -0.3 is 16.0 Å². The zero-order chi connectivity index (χ0) is 20.6. The minimum Gasteiger partial charge on any atom is -0.376 e. The van der Waals surface area contributed by atoms with Gasteiger partial charge in [-0.2, -0.15) is 5.26 Å². The lowest BCUT2D eigenvalue weighted by molar-refractivity contribution is -0.114. The topological polar surface area (TPSA) is 94.0 Å². The summed E-state index contributed by atoms with van der Waals surface area (Å²) in [6.07, 6.45) is 0. The van der Waals surface area contributed by atoms with Crippen molar-refractivity contribution >= 4 is 40.5 Å². The molecule has 2 amide bonds. The summed E-state index contributed by atoms with van der Waals surface area (Å²) >= 11 is 5.93. The van der Waals surface area contributed by atoms with Crippen LogP contribution in [0.4, 0.5) is 17.1 Å². The van der Waals surface area contributed by atoms with Gasteiger partial charge >= 0.3 is 0 Å². The van der Waals surface area contributed by atoms with Crippen molar-refractivity contribution in [1.82, 2.24) is 0 Å². The standard InChI is InChI=1S/C22H17ClN4O2/c23-16-11-10-15(13-24)20(12-16)27-21(28)14-25-19-9-5-4-8-18(19)22(29)26-17-6-2-1-3-7-17/h1-12,25H,14H2,(H,26,29)(H,27,28). The molecule has 3 aromatic rings. The van der Waals surface area contributed by atoms with Crippen molar-refractivity contribution in [3.8, 4) is 6.07 Å². The molecule has 3 N–H and O–H groups in total. The number of amides is 2. The number of hydrogen-bond donors (Lipinski definition) is 3. The van der Waals surface area contributed by atoms with E-state index in [1.54, 1.807) is 42.5 Å². The molecule has 144 valence electrons. The number of benzene rings is 3. The van der Waals surface area contributed by atoms with Crippen LogP contribution in [0.5, 0.6) is 0 Å². The van der Waals surface area contributed by atoms with E-state index in [1.807, 2.05) is 24.3 Å². The van der Waals surface area contributed by atoms with Crippen molar-refractivity contribution in [2.75, 3.05) is 22.5 Å². The number of para-hydroxylation sites is 2. The predicted octanol–water partition coefficient (Wildman–Crippen LogP) is 4.51. The third kappa shape index (κ3) is 5.34. The van der Waals surface area contributed by atoms with E-state index in [1.165, 1.54) is 12.1 Å². The van der Waals surface area contributed by atoms with Crippen molar-refractivity contribution in [2.24, 2.45) is 0 Å². The zero-order valence-electron chi connectivity index (χ0n) is 15.3. The van der Waals surface area contributed by atoms with Crippen LogP contribution in [-0.2, 0) is 4.79 Å². The minimum atomic E-state index is -0.373. The highest BCUT2D eigenvalue weighted by atomic mass is 35.5. The van der Waals surface area contributed by atoms with E-state index >= 15 is 0 Å². The van der Waals surface area contributed by atoms with Gasteiger partial charge in [0.1, 0.15) is 6.07 Å². The normalized spacial score (nSPS) is 9.93. The fourth-order valence-electron chi connectivity index (χ4n) is 2.64. The third-order valence-corrected chi connectivity index (χ3v) is 4.25. The highest BCUT2D eigenvalue weighted by Gasteiger charge is 2.13. The number of halogens is 1. The number of carbonyl (C=O) groups excluding carboxylic acids is 2. The molecule has 6 nitrogen and oxygen atoms in total. The SMILES string of the molecule is N#Cc1ccc(Cl)cc1NC(=O)CNc1ccccc1C(=O)Nc1ccccc1. The second-order valence-electron chi connectivity index (χ2n) is 6.07. The molecule has 0 unspecified atom stereocenters. The zero-order valence-corrected chi connectivity index (χ0v) is 16.0. The van der Waals surface area contributed by atoms with Crippen molar-refractivity contribution in [1.29, 1.82) is 5.26 Å². The van der Waals surface area contributed by atoms with Crippen LogP contribution in [0, 0.1) is 11.3 Å². The summed E-state index contributed by atoms with van der Waals surface area (Å²) in [5, 5.41) is 18.0. The first kappa shape index (κ1) is 19.9. The Balaban J connectivity index is 1.67. The molecule has 0 fully saturated rings. The van der Waals surface area contributed by atoms with Crippen LogP contribution in [0.3, 0.4) is 0 Å². The molecule has 0 aliphatic rings. The molecule has 29 heavy (non-hydrogen) atoms. The van der Waals surface area contributed by atoms with Crippen molar-refractivity contribution in [3.05, 3.63) is 88.9 Å². The number of anilines is 3. The molecule has 0 aliphatic heterocycles. The molecule has 7 heteroatoms. The summed E-state index contributed by atoms with van der Waals surface area (Å²) in [4.78, 5) is 24.9. The molecule has 0 aliphatic carbocycles. The summed E-state index contributed by atoms with van der Waals surface area (Å²) < 4.78 is 0. The molecule has 0 bridgehead atoms. The van der Waals surface area contributed by atoms with Gasteiger partial charge in [0.2, 0.25) is 5.91 Å². The monoisotopic (exact) mass is 404 g/mol. The average molecular weight is 405 g/mol. The Kier molecular flexibility index (Phi) is 6.46. The van der Waals surface area contributed by atoms with Gasteiger partial charge in [0, 0.05) is 16.4 Å². The maximum atomic E-state index is 12.6. The number of carbonyl (C=O) groups is 2. The van der Waals surface area contributed by atoms with Crippen LogP contribution in [0.2, 0.25) is 5.02 Å². The summed E-state index contributed by atoms with van der Waals surface area (Å²) in [7, 11) is 0. The van der Waals surface area contributed by atoms with E-state index < -0.39 is 0 Å². The quantitative estimate of drug-likeness (QED) is 0.563. The van der Waals surface area contributed by atoms with Crippen LogP contribution in [0.25, 0.3) is 0 Å². The second-order valence-corrected chi connectivity index (χ2v) is 6.51. The van der Waals surface area contributed by atoms with Gasteiger partial charge in [-0.1, -0.05) is 41.9 Å². The highest BCUT2D eigenvalue weighted by molar-refractivity contribution is 6.31. The Bertz CT molecular complexity index is 1080.